The number of allylic oxidation sites excluding steroid dienone is 1. The molecule has 1 saturated carbocycles. The molecule has 98 valence electrons. The Morgan fingerprint density at radius 3 is 2.61 bits per heavy atom. The maximum atomic E-state index is 13.1. The molecule has 0 aromatic heterocycles. The summed E-state index contributed by atoms with van der Waals surface area (Å²) >= 11 is 11.8. The van der Waals surface area contributed by atoms with Gasteiger partial charge in [0.2, 0.25) is 0 Å². The first-order valence-electron chi connectivity index (χ1n) is 6.42. The van der Waals surface area contributed by atoms with Crippen molar-refractivity contribution in [3.05, 3.63) is 40.2 Å². The molecule has 0 amide bonds. The summed E-state index contributed by atoms with van der Waals surface area (Å²) in [5.74, 6) is 0.749. The van der Waals surface area contributed by atoms with Crippen LogP contribution in [0.2, 0.25) is 5.02 Å². The van der Waals surface area contributed by atoms with Crippen LogP contribution in [0.4, 0.5) is 4.39 Å². The van der Waals surface area contributed by atoms with Crippen LogP contribution in [0, 0.1) is 11.7 Å². The van der Waals surface area contributed by atoms with Crippen LogP contribution in [0.25, 0.3) is 6.08 Å². The first-order valence-corrected chi connectivity index (χ1v) is 7.33. The topological polar surface area (TPSA) is 0 Å². The zero-order valence-electron chi connectivity index (χ0n) is 10.3. The molecule has 0 heterocycles. The molecule has 0 N–H and O–H groups in total. The summed E-state index contributed by atoms with van der Waals surface area (Å²) in [5, 5.41) is 0.168. The van der Waals surface area contributed by atoms with Crippen LogP contribution in [0.5, 0.6) is 0 Å². The van der Waals surface area contributed by atoms with E-state index in [4.69, 9.17) is 23.2 Å². The Morgan fingerprint density at radius 2 is 2.00 bits per heavy atom. The second kappa shape index (κ2) is 6.58. The molecule has 1 aromatic rings. The Labute approximate surface area is 118 Å². The van der Waals surface area contributed by atoms with Crippen LogP contribution in [-0.2, 0) is 0 Å². The smallest absolute Gasteiger partial charge is 0.141 e. The molecule has 0 radical (unpaired) electrons. The average molecular weight is 287 g/mol. The lowest BCUT2D eigenvalue weighted by atomic mass is 9.84. The molecule has 0 unspecified atom stereocenters. The monoisotopic (exact) mass is 286 g/mol. The molecule has 3 heteroatoms. The average Bonchev–Trinajstić information content (AvgIpc) is 2.41. The van der Waals surface area contributed by atoms with Gasteiger partial charge in [-0.25, -0.2) is 4.39 Å². The number of hydrogen-bond donors (Lipinski definition) is 0. The second-order valence-corrected chi connectivity index (χ2v) is 5.54. The highest BCUT2D eigenvalue weighted by Gasteiger charge is 2.17. The van der Waals surface area contributed by atoms with Gasteiger partial charge in [-0.1, -0.05) is 48.6 Å². The van der Waals surface area contributed by atoms with Crippen molar-refractivity contribution in [1.82, 2.24) is 0 Å². The van der Waals surface area contributed by atoms with Gasteiger partial charge in [-0.15, -0.1) is 11.6 Å². The van der Waals surface area contributed by atoms with Crippen molar-refractivity contribution in [2.24, 2.45) is 5.92 Å². The molecule has 18 heavy (non-hydrogen) atoms. The zero-order chi connectivity index (χ0) is 13.0. The summed E-state index contributed by atoms with van der Waals surface area (Å²) in [4.78, 5) is 0. The molecule has 1 aromatic carbocycles. The van der Waals surface area contributed by atoms with Gasteiger partial charge < -0.3 is 0 Å². The van der Waals surface area contributed by atoms with Gasteiger partial charge in [0.1, 0.15) is 5.82 Å². The van der Waals surface area contributed by atoms with Gasteiger partial charge in [0.05, 0.1) is 5.02 Å². The Bertz CT molecular complexity index is 434. The number of rotatable bonds is 3. The molecule has 2 rings (SSSR count). The van der Waals surface area contributed by atoms with Crippen molar-refractivity contribution >= 4 is 29.3 Å². The largest absolute Gasteiger partial charge is 0.205 e. The van der Waals surface area contributed by atoms with Gasteiger partial charge in [-0.05, 0) is 36.5 Å². The lowest BCUT2D eigenvalue weighted by molar-refractivity contribution is 0.405. The highest BCUT2D eigenvalue weighted by atomic mass is 35.5. The molecular formula is C15H17Cl2F. The summed E-state index contributed by atoms with van der Waals surface area (Å²) in [6, 6.07) is 4.81. The maximum Gasteiger partial charge on any atom is 0.141 e. The third kappa shape index (κ3) is 3.49. The van der Waals surface area contributed by atoms with Crippen molar-refractivity contribution in [1.29, 1.82) is 0 Å². The Morgan fingerprint density at radius 1 is 1.28 bits per heavy atom. The molecule has 0 bridgehead atoms. The summed E-state index contributed by atoms with van der Waals surface area (Å²) in [6.07, 6.45) is 8.38. The van der Waals surface area contributed by atoms with E-state index in [1.165, 1.54) is 43.7 Å². The van der Waals surface area contributed by atoms with E-state index in [9.17, 15) is 4.39 Å². The van der Waals surface area contributed by atoms with Crippen molar-refractivity contribution in [2.45, 2.75) is 32.1 Å². The Hall–Kier alpha value is -0.530. The SMILES string of the molecule is Fc1ccc(/C=C(/CCl)C2CCCCC2)cc1Cl. The van der Waals surface area contributed by atoms with Crippen molar-refractivity contribution in [2.75, 3.05) is 5.88 Å². The molecule has 0 aliphatic heterocycles. The van der Waals surface area contributed by atoms with E-state index in [2.05, 4.69) is 6.08 Å². The van der Waals surface area contributed by atoms with E-state index < -0.39 is 0 Å². The second-order valence-electron chi connectivity index (χ2n) is 4.86. The fourth-order valence-corrected chi connectivity index (χ4v) is 3.04. The van der Waals surface area contributed by atoms with Crippen LogP contribution < -0.4 is 0 Å². The molecular weight excluding hydrogens is 270 g/mol. The summed E-state index contributed by atoms with van der Waals surface area (Å²) < 4.78 is 13.1. The van der Waals surface area contributed by atoms with E-state index in [0.717, 1.165) is 5.56 Å². The zero-order valence-corrected chi connectivity index (χ0v) is 11.8. The van der Waals surface area contributed by atoms with Crippen LogP contribution in [0.1, 0.15) is 37.7 Å². The summed E-state index contributed by atoms with van der Waals surface area (Å²) in [5.41, 5.74) is 2.18. The molecule has 0 atom stereocenters. The molecule has 0 saturated heterocycles. The van der Waals surface area contributed by atoms with Gasteiger partial charge in [0.25, 0.3) is 0 Å². The van der Waals surface area contributed by atoms with Gasteiger partial charge in [-0.2, -0.15) is 0 Å². The van der Waals surface area contributed by atoms with Crippen molar-refractivity contribution in [3.8, 4) is 0 Å². The van der Waals surface area contributed by atoms with E-state index in [-0.39, 0.29) is 10.8 Å². The fraction of sp³-hybridized carbons (Fsp3) is 0.467. The third-order valence-electron chi connectivity index (χ3n) is 3.58. The Kier molecular flexibility index (Phi) is 5.08. The quantitative estimate of drug-likeness (QED) is 0.627. The summed E-state index contributed by atoms with van der Waals surface area (Å²) in [6.45, 7) is 0. The minimum Gasteiger partial charge on any atom is -0.205 e. The van der Waals surface area contributed by atoms with Crippen LogP contribution >= 0.6 is 23.2 Å². The number of benzene rings is 1. The van der Waals surface area contributed by atoms with E-state index in [0.29, 0.717) is 11.8 Å². The predicted octanol–water partition coefficient (Wildman–Crippen LogP) is 5.68. The minimum absolute atomic E-state index is 0.168. The Balaban J connectivity index is 2.19. The lowest BCUT2D eigenvalue weighted by Gasteiger charge is -2.23. The molecule has 0 nitrogen and oxygen atoms in total. The fourth-order valence-electron chi connectivity index (χ4n) is 2.56. The van der Waals surface area contributed by atoms with E-state index >= 15 is 0 Å². The maximum absolute atomic E-state index is 13.1. The van der Waals surface area contributed by atoms with Gasteiger partial charge in [0.15, 0.2) is 0 Å². The number of halogens is 3. The molecule has 1 aliphatic rings. The molecule has 1 aliphatic carbocycles. The molecule has 1 fully saturated rings. The van der Waals surface area contributed by atoms with Gasteiger partial charge >= 0.3 is 0 Å². The van der Waals surface area contributed by atoms with E-state index in [1.807, 2.05) is 0 Å². The first-order chi connectivity index (χ1) is 8.70. The lowest BCUT2D eigenvalue weighted by Crippen LogP contribution is -2.10. The van der Waals surface area contributed by atoms with Crippen LogP contribution in [0.3, 0.4) is 0 Å². The van der Waals surface area contributed by atoms with Crippen molar-refractivity contribution < 1.29 is 4.39 Å². The van der Waals surface area contributed by atoms with Gasteiger partial charge in [-0.3, -0.25) is 0 Å². The standard InChI is InChI=1S/C15H17Cl2F/c16-10-13(12-4-2-1-3-5-12)8-11-6-7-15(18)14(17)9-11/h6-9,12H,1-5,10H2/b13-8-. The number of hydrogen-bond acceptors (Lipinski definition) is 0. The van der Waals surface area contributed by atoms with E-state index in [1.54, 1.807) is 12.1 Å². The number of alkyl halides is 1. The normalized spacial score (nSPS) is 18.1. The van der Waals surface area contributed by atoms with Crippen molar-refractivity contribution in [3.63, 3.8) is 0 Å². The highest BCUT2D eigenvalue weighted by molar-refractivity contribution is 6.30. The minimum atomic E-state index is -0.376. The predicted molar refractivity (Wildman–Crippen MR) is 76.7 cm³/mol. The summed E-state index contributed by atoms with van der Waals surface area (Å²) in [7, 11) is 0. The first kappa shape index (κ1) is 13.9. The molecule has 0 spiro atoms. The van der Waals surface area contributed by atoms with Crippen LogP contribution in [-0.4, -0.2) is 5.88 Å². The van der Waals surface area contributed by atoms with Crippen LogP contribution in [0.15, 0.2) is 23.8 Å². The van der Waals surface area contributed by atoms with Gasteiger partial charge in [0, 0.05) is 5.88 Å². The third-order valence-corrected chi connectivity index (χ3v) is 4.18. The highest BCUT2D eigenvalue weighted by Crippen LogP contribution is 2.31.